The molecule has 0 unspecified atom stereocenters. The maximum absolute atomic E-state index is 3.92. The molecule has 0 amide bonds. The fraction of sp³-hybridized carbons (Fsp3) is 0.538. The van der Waals surface area contributed by atoms with Crippen LogP contribution in [0.25, 0.3) is 0 Å². The molecule has 0 aromatic heterocycles. The Bertz CT molecular complexity index is 428. The average Bonchev–Trinajstić information content (AvgIpc) is 2.61. The molecule has 2 bridgehead atoms. The first-order valence-electron chi connectivity index (χ1n) is 5.66. The largest absolute Gasteiger partial charge is 0.0887 e. The summed E-state index contributed by atoms with van der Waals surface area (Å²) in [7, 11) is 0. The van der Waals surface area contributed by atoms with Gasteiger partial charge in [0.1, 0.15) is 0 Å². The molecule has 1 aromatic carbocycles. The minimum atomic E-state index is 0.737. The first-order chi connectivity index (χ1) is 7.29. The van der Waals surface area contributed by atoms with E-state index in [1.165, 1.54) is 6.42 Å². The molecule has 3 aliphatic carbocycles. The summed E-state index contributed by atoms with van der Waals surface area (Å²) in [6, 6.07) is 9.04. The lowest BCUT2D eigenvalue weighted by molar-refractivity contribution is 0.333. The highest BCUT2D eigenvalue weighted by Gasteiger charge is 2.62. The zero-order valence-corrected chi connectivity index (χ0v) is 11.4. The maximum Gasteiger partial charge on any atom is 0.0225 e. The summed E-state index contributed by atoms with van der Waals surface area (Å²) in [5, 5.41) is 0. The molecule has 78 valence electrons. The van der Waals surface area contributed by atoms with Crippen LogP contribution in [-0.2, 0) is 0 Å². The van der Waals surface area contributed by atoms with E-state index in [4.69, 9.17) is 0 Å². The summed E-state index contributed by atoms with van der Waals surface area (Å²) in [4.78, 5) is 1.48. The molecule has 0 radical (unpaired) electrons. The van der Waals surface area contributed by atoms with Crippen LogP contribution >= 0.6 is 31.9 Å². The summed E-state index contributed by atoms with van der Waals surface area (Å²) >= 11 is 7.78. The first kappa shape index (κ1) is 9.23. The van der Waals surface area contributed by atoms with Gasteiger partial charge in [-0.05, 0) is 41.2 Å². The maximum atomic E-state index is 3.92. The molecule has 4 rings (SSSR count). The minimum absolute atomic E-state index is 0.737. The topological polar surface area (TPSA) is 0 Å². The Labute approximate surface area is 107 Å². The highest BCUT2D eigenvalue weighted by atomic mass is 79.9. The molecule has 6 atom stereocenters. The van der Waals surface area contributed by atoms with Gasteiger partial charge in [-0.2, -0.15) is 0 Å². The van der Waals surface area contributed by atoms with Crippen LogP contribution < -0.4 is 0 Å². The predicted molar refractivity (Wildman–Crippen MR) is 69.0 cm³/mol. The number of benzene rings is 1. The van der Waals surface area contributed by atoms with E-state index in [1.54, 1.807) is 11.1 Å². The van der Waals surface area contributed by atoms with Crippen molar-refractivity contribution in [1.29, 1.82) is 0 Å². The third-order valence-electron chi connectivity index (χ3n) is 4.67. The van der Waals surface area contributed by atoms with Crippen LogP contribution in [0.5, 0.6) is 0 Å². The Balaban J connectivity index is 1.86. The Morgan fingerprint density at radius 1 is 1.00 bits per heavy atom. The summed E-state index contributed by atoms with van der Waals surface area (Å²) in [5.41, 5.74) is 3.27. The van der Waals surface area contributed by atoms with Crippen molar-refractivity contribution in [3.63, 3.8) is 0 Å². The quantitative estimate of drug-likeness (QED) is 0.631. The van der Waals surface area contributed by atoms with Gasteiger partial charge < -0.3 is 0 Å². The Kier molecular flexibility index (Phi) is 1.78. The number of fused-ring (bicyclic) bond motifs is 8. The van der Waals surface area contributed by atoms with Gasteiger partial charge in [0, 0.05) is 9.65 Å². The van der Waals surface area contributed by atoms with E-state index in [2.05, 4.69) is 56.1 Å². The van der Waals surface area contributed by atoms with Crippen molar-refractivity contribution >= 4 is 31.9 Å². The zero-order chi connectivity index (χ0) is 10.2. The normalized spacial score (nSPS) is 49.7. The van der Waals surface area contributed by atoms with Crippen LogP contribution in [0.15, 0.2) is 24.3 Å². The molecule has 2 saturated carbocycles. The molecule has 3 aliphatic rings. The molecular formula is C13H12Br2. The van der Waals surface area contributed by atoms with Crippen molar-refractivity contribution in [2.24, 2.45) is 11.8 Å². The monoisotopic (exact) mass is 326 g/mol. The molecule has 0 saturated heterocycles. The molecule has 0 spiro atoms. The number of alkyl halides is 2. The van der Waals surface area contributed by atoms with Gasteiger partial charge in [-0.25, -0.2) is 0 Å². The number of halogens is 2. The number of rotatable bonds is 0. The van der Waals surface area contributed by atoms with Gasteiger partial charge in [0.2, 0.25) is 0 Å². The summed E-state index contributed by atoms with van der Waals surface area (Å²) in [6.07, 6.45) is 1.36. The third kappa shape index (κ3) is 0.945. The third-order valence-corrected chi connectivity index (χ3v) is 6.94. The second-order valence-corrected chi connectivity index (χ2v) is 7.35. The minimum Gasteiger partial charge on any atom is -0.0887 e. The van der Waals surface area contributed by atoms with Crippen LogP contribution in [0.2, 0.25) is 0 Å². The second kappa shape index (κ2) is 2.89. The van der Waals surface area contributed by atoms with Crippen LogP contribution in [0.4, 0.5) is 0 Å². The van der Waals surface area contributed by atoms with Crippen molar-refractivity contribution < 1.29 is 0 Å². The molecule has 0 N–H and O–H groups in total. The van der Waals surface area contributed by atoms with Crippen molar-refractivity contribution in [1.82, 2.24) is 0 Å². The van der Waals surface area contributed by atoms with Crippen molar-refractivity contribution in [2.45, 2.75) is 27.9 Å². The number of hydrogen-bond donors (Lipinski definition) is 0. The van der Waals surface area contributed by atoms with Gasteiger partial charge in [0.05, 0.1) is 0 Å². The summed E-state index contributed by atoms with van der Waals surface area (Å²) < 4.78 is 0. The van der Waals surface area contributed by atoms with Gasteiger partial charge in [-0.1, -0.05) is 56.1 Å². The van der Waals surface area contributed by atoms with Crippen LogP contribution in [0.3, 0.4) is 0 Å². The molecule has 15 heavy (non-hydrogen) atoms. The second-order valence-electron chi connectivity index (χ2n) is 5.12. The van der Waals surface area contributed by atoms with Gasteiger partial charge in [0.15, 0.2) is 0 Å². The van der Waals surface area contributed by atoms with E-state index < -0.39 is 0 Å². The van der Waals surface area contributed by atoms with E-state index in [-0.39, 0.29) is 0 Å². The predicted octanol–water partition coefficient (Wildman–Crippen LogP) is 4.04. The molecule has 0 nitrogen and oxygen atoms in total. The molecule has 2 fully saturated rings. The fourth-order valence-electron chi connectivity index (χ4n) is 4.15. The molecule has 0 aliphatic heterocycles. The smallest absolute Gasteiger partial charge is 0.0225 e. The lowest BCUT2D eigenvalue weighted by Gasteiger charge is -2.44. The van der Waals surface area contributed by atoms with E-state index in [9.17, 15) is 0 Å². The lowest BCUT2D eigenvalue weighted by Crippen LogP contribution is -2.33. The Morgan fingerprint density at radius 3 is 2.40 bits per heavy atom. The average molecular weight is 328 g/mol. The van der Waals surface area contributed by atoms with E-state index in [0.717, 1.165) is 33.3 Å². The first-order valence-corrected chi connectivity index (χ1v) is 7.49. The van der Waals surface area contributed by atoms with E-state index >= 15 is 0 Å². The van der Waals surface area contributed by atoms with Crippen molar-refractivity contribution in [3.8, 4) is 0 Å². The zero-order valence-electron chi connectivity index (χ0n) is 8.24. The van der Waals surface area contributed by atoms with Crippen molar-refractivity contribution in [2.75, 3.05) is 0 Å². The molecule has 0 heterocycles. The highest BCUT2D eigenvalue weighted by Crippen LogP contribution is 2.70. The van der Waals surface area contributed by atoms with Crippen LogP contribution in [0, 0.1) is 11.8 Å². The van der Waals surface area contributed by atoms with Gasteiger partial charge in [-0.15, -0.1) is 0 Å². The van der Waals surface area contributed by atoms with E-state index in [0.29, 0.717) is 0 Å². The summed E-state index contributed by atoms with van der Waals surface area (Å²) in [6.45, 7) is 0. The number of hydrogen-bond acceptors (Lipinski definition) is 0. The van der Waals surface area contributed by atoms with Gasteiger partial charge in [0.25, 0.3) is 0 Å². The molecular weight excluding hydrogens is 316 g/mol. The van der Waals surface area contributed by atoms with Gasteiger partial charge >= 0.3 is 0 Å². The van der Waals surface area contributed by atoms with Crippen molar-refractivity contribution in [3.05, 3.63) is 35.4 Å². The SMILES string of the molecule is Br[C@H]1[C@H]2C[C@H](Br)[C@@H]1[C@H]1c3ccccc3[C@@H]21. The lowest BCUT2D eigenvalue weighted by atomic mass is 9.61. The van der Waals surface area contributed by atoms with Crippen LogP contribution in [0.1, 0.15) is 29.4 Å². The fourth-order valence-corrected chi connectivity index (χ4v) is 6.89. The summed E-state index contributed by atoms with van der Waals surface area (Å²) in [5.74, 6) is 3.41. The Hall–Kier alpha value is 0.180. The van der Waals surface area contributed by atoms with Crippen LogP contribution in [-0.4, -0.2) is 9.65 Å². The Morgan fingerprint density at radius 2 is 1.67 bits per heavy atom. The molecule has 2 heteroatoms. The highest BCUT2D eigenvalue weighted by molar-refractivity contribution is 9.10. The van der Waals surface area contributed by atoms with E-state index in [1.807, 2.05) is 0 Å². The van der Waals surface area contributed by atoms with Gasteiger partial charge in [-0.3, -0.25) is 0 Å². The molecule has 1 aromatic rings. The standard InChI is InChI=1S/C13H12Br2/c14-9-5-8-10-6-3-1-2-4-7(6)11(10)12(9)13(8)15/h1-4,8-13H,5H2/t8-,9-,10-,11-,12+,13-/m0/s1.